The van der Waals surface area contributed by atoms with E-state index in [9.17, 15) is 9.59 Å². The number of anilines is 1. The average molecular weight is 321 g/mol. The zero-order valence-electron chi connectivity index (χ0n) is 13.1. The van der Waals surface area contributed by atoms with Gasteiger partial charge >= 0.3 is 0 Å². The van der Waals surface area contributed by atoms with Crippen molar-refractivity contribution in [1.29, 1.82) is 0 Å². The van der Waals surface area contributed by atoms with Crippen molar-refractivity contribution in [3.8, 4) is 0 Å². The molecule has 0 aliphatic carbocycles. The molecule has 0 radical (unpaired) electrons. The largest absolute Gasteiger partial charge is 0.337 e. The molecule has 1 atom stereocenters. The molecule has 1 aromatic carbocycles. The third-order valence-electron chi connectivity index (χ3n) is 3.63. The van der Waals surface area contributed by atoms with Crippen LogP contribution in [0.25, 0.3) is 0 Å². The van der Waals surface area contributed by atoms with Crippen LogP contribution in [0.3, 0.4) is 0 Å². The van der Waals surface area contributed by atoms with Crippen LogP contribution in [0.5, 0.6) is 0 Å². The van der Waals surface area contributed by atoms with Crippen LogP contribution in [0.15, 0.2) is 24.3 Å². The number of nitrogens with zero attached hydrogens (tertiary/aromatic N) is 1. The molecule has 1 aliphatic rings. The van der Waals surface area contributed by atoms with Crippen LogP contribution >= 0.6 is 11.8 Å². The zero-order chi connectivity index (χ0) is 15.9. The molecule has 1 heterocycles. The molecule has 0 saturated carbocycles. The average Bonchev–Trinajstić information content (AvgIpc) is 2.55. The number of hydrogen-bond donors (Lipinski definition) is 2. The van der Waals surface area contributed by atoms with Gasteiger partial charge in [0.2, 0.25) is 5.91 Å². The summed E-state index contributed by atoms with van der Waals surface area (Å²) in [6.45, 7) is 4.07. The Morgan fingerprint density at radius 3 is 2.73 bits per heavy atom. The normalized spacial score (nSPS) is 16.2. The van der Waals surface area contributed by atoms with Gasteiger partial charge in [0.15, 0.2) is 0 Å². The first-order valence-corrected chi connectivity index (χ1v) is 8.70. The van der Waals surface area contributed by atoms with Crippen LogP contribution in [0.2, 0.25) is 0 Å². The number of thioether (sulfide) groups is 1. The van der Waals surface area contributed by atoms with Crippen molar-refractivity contribution in [2.75, 3.05) is 43.5 Å². The number of benzene rings is 1. The SMILES string of the molecule is CNCC(C)C(=O)Nc1cccc(C(=O)N2CCSCC2)c1. The lowest BCUT2D eigenvalue weighted by atomic mass is 10.1. The molecule has 120 valence electrons. The van der Waals surface area contributed by atoms with Gasteiger partial charge in [0.1, 0.15) is 0 Å². The molecule has 0 aromatic heterocycles. The maximum absolute atomic E-state index is 12.5. The second-order valence-electron chi connectivity index (χ2n) is 5.43. The Kier molecular flexibility index (Phi) is 6.27. The van der Waals surface area contributed by atoms with Gasteiger partial charge in [-0.15, -0.1) is 0 Å². The van der Waals surface area contributed by atoms with Crippen molar-refractivity contribution in [2.45, 2.75) is 6.92 Å². The Morgan fingerprint density at radius 1 is 1.32 bits per heavy atom. The van der Waals surface area contributed by atoms with Crippen molar-refractivity contribution in [1.82, 2.24) is 10.2 Å². The smallest absolute Gasteiger partial charge is 0.253 e. The minimum atomic E-state index is -0.122. The molecular formula is C16H23N3O2S. The Bertz CT molecular complexity index is 530. The van der Waals surface area contributed by atoms with E-state index in [2.05, 4.69) is 10.6 Å². The predicted octanol–water partition coefficient (Wildman–Crippen LogP) is 1.67. The van der Waals surface area contributed by atoms with E-state index < -0.39 is 0 Å². The first-order valence-electron chi connectivity index (χ1n) is 7.54. The van der Waals surface area contributed by atoms with Crippen molar-refractivity contribution in [2.24, 2.45) is 5.92 Å². The molecule has 1 aromatic rings. The van der Waals surface area contributed by atoms with Crippen molar-refractivity contribution in [3.63, 3.8) is 0 Å². The van der Waals surface area contributed by atoms with Crippen LogP contribution in [0.4, 0.5) is 5.69 Å². The van der Waals surface area contributed by atoms with Gasteiger partial charge in [-0.25, -0.2) is 0 Å². The molecule has 5 nitrogen and oxygen atoms in total. The van der Waals surface area contributed by atoms with Gasteiger partial charge in [-0.2, -0.15) is 11.8 Å². The van der Waals surface area contributed by atoms with Crippen LogP contribution in [-0.2, 0) is 4.79 Å². The monoisotopic (exact) mass is 321 g/mol. The molecule has 22 heavy (non-hydrogen) atoms. The third-order valence-corrected chi connectivity index (χ3v) is 4.58. The standard InChI is InChI=1S/C16H23N3O2S/c1-12(11-17-2)15(20)18-14-5-3-4-13(10-14)16(21)19-6-8-22-9-7-19/h3-5,10,12,17H,6-9,11H2,1-2H3,(H,18,20). The summed E-state index contributed by atoms with van der Waals surface area (Å²) in [6.07, 6.45) is 0. The highest BCUT2D eigenvalue weighted by molar-refractivity contribution is 7.99. The van der Waals surface area contributed by atoms with E-state index in [1.165, 1.54) is 0 Å². The van der Waals surface area contributed by atoms with E-state index in [1.807, 2.05) is 42.8 Å². The molecule has 2 rings (SSSR count). The first-order chi connectivity index (χ1) is 10.6. The van der Waals surface area contributed by atoms with Crippen molar-refractivity contribution >= 4 is 29.3 Å². The van der Waals surface area contributed by atoms with Crippen LogP contribution < -0.4 is 10.6 Å². The lowest BCUT2D eigenvalue weighted by molar-refractivity contribution is -0.119. The topological polar surface area (TPSA) is 61.4 Å². The number of carbonyl (C=O) groups excluding carboxylic acids is 2. The molecule has 1 unspecified atom stereocenters. The molecule has 0 spiro atoms. The fourth-order valence-electron chi connectivity index (χ4n) is 2.34. The first kappa shape index (κ1) is 16.8. The highest BCUT2D eigenvalue weighted by Crippen LogP contribution is 2.16. The number of carbonyl (C=O) groups is 2. The number of nitrogens with one attached hydrogen (secondary N) is 2. The number of amides is 2. The second kappa shape index (κ2) is 8.19. The van der Waals surface area contributed by atoms with E-state index in [0.717, 1.165) is 24.6 Å². The number of rotatable bonds is 5. The Labute approximate surface area is 135 Å². The lowest BCUT2D eigenvalue weighted by Crippen LogP contribution is -2.37. The summed E-state index contributed by atoms with van der Waals surface area (Å²) >= 11 is 1.87. The van der Waals surface area contributed by atoms with Gasteiger partial charge in [0, 0.05) is 48.3 Å². The quantitative estimate of drug-likeness (QED) is 0.866. The second-order valence-corrected chi connectivity index (χ2v) is 6.66. The van der Waals surface area contributed by atoms with Gasteiger partial charge in [0.05, 0.1) is 0 Å². The van der Waals surface area contributed by atoms with Crippen molar-refractivity contribution in [3.05, 3.63) is 29.8 Å². The maximum Gasteiger partial charge on any atom is 0.253 e. The maximum atomic E-state index is 12.5. The molecule has 1 fully saturated rings. The van der Waals surface area contributed by atoms with Gasteiger partial charge < -0.3 is 15.5 Å². The van der Waals surface area contributed by atoms with Gasteiger partial charge in [-0.3, -0.25) is 9.59 Å². The van der Waals surface area contributed by atoms with Crippen LogP contribution in [0, 0.1) is 5.92 Å². The Hall–Kier alpha value is -1.53. The van der Waals surface area contributed by atoms with Gasteiger partial charge in [-0.1, -0.05) is 13.0 Å². The van der Waals surface area contributed by atoms with Gasteiger partial charge in [0.25, 0.3) is 5.91 Å². The Morgan fingerprint density at radius 2 is 2.05 bits per heavy atom. The molecular weight excluding hydrogens is 298 g/mol. The van der Waals surface area contributed by atoms with Crippen molar-refractivity contribution < 1.29 is 9.59 Å². The van der Waals surface area contributed by atoms with E-state index in [4.69, 9.17) is 0 Å². The van der Waals surface area contributed by atoms with Gasteiger partial charge in [-0.05, 0) is 25.2 Å². The van der Waals surface area contributed by atoms with E-state index >= 15 is 0 Å². The molecule has 6 heteroatoms. The molecule has 1 saturated heterocycles. The van der Waals surface area contributed by atoms with Crippen LogP contribution in [0.1, 0.15) is 17.3 Å². The van der Waals surface area contributed by atoms with E-state index in [-0.39, 0.29) is 17.7 Å². The summed E-state index contributed by atoms with van der Waals surface area (Å²) in [5, 5.41) is 5.85. The molecule has 0 bridgehead atoms. The summed E-state index contributed by atoms with van der Waals surface area (Å²) in [6, 6.07) is 7.18. The molecule has 2 N–H and O–H groups in total. The minimum Gasteiger partial charge on any atom is -0.337 e. The Balaban J connectivity index is 2.03. The summed E-state index contributed by atoms with van der Waals surface area (Å²) < 4.78 is 0. The third kappa shape index (κ3) is 4.48. The fraction of sp³-hybridized carbons (Fsp3) is 0.500. The summed E-state index contributed by atoms with van der Waals surface area (Å²) in [7, 11) is 1.82. The fourth-order valence-corrected chi connectivity index (χ4v) is 3.25. The molecule has 1 aliphatic heterocycles. The summed E-state index contributed by atoms with van der Waals surface area (Å²) in [5.74, 6) is 1.85. The zero-order valence-corrected chi connectivity index (χ0v) is 13.9. The van der Waals surface area contributed by atoms with Crippen LogP contribution in [-0.4, -0.2) is 54.9 Å². The highest BCUT2D eigenvalue weighted by atomic mass is 32.2. The highest BCUT2D eigenvalue weighted by Gasteiger charge is 2.19. The summed E-state index contributed by atoms with van der Waals surface area (Å²) in [5.41, 5.74) is 1.30. The minimum absolute atomic E-state index is 0.0414. The van der Waals surface area contributed by atoms with E-state index in [1.54, 1.807) is 12.1 Å². The predicted molar refractivity (Wildman–Crippen MR) is 91.4 cm³/mol. The van der Waals surface area contributed by atoms with E-state index in [0.29, 0.717) is 17.8 Å². The molecule has 2 amide bonds. The number of hydrogen-bond acceptors (Lipinski definition) is 4. The lowest BCUT2D eigenvalue weighted by Gasteiger charge is -2.26. The summed E-state index contributed by atoms with van der Waals surface area (Å²) in [4.78, 5) is 26.4.